The third-order valence-electron chi connectivity index (χ3n) is 4.75. The normalized spacial score (nSPS) is 11.4. The summed E-state index contributed by atoms with van der Waals surface area (Å²) in [6, 6.07) is 17.2. The number of rotatable bonds is 6. The minimum Gasteiger partial charge on any atom is -0.303 e. The summed E-state index contributed by atoms with van der Waals surface area (Å²) < 4.78 is 3.03. The first kappa shape index (κ1) is 19.7. The first-order chi connectivity index (χ1) is 14.5. The van der Waals surface area contributed by atoms with Crippen LogP contribution in [-0.2, 0) is 20.0 Å². The van der Waals surface area contributed by atoms with E-state index in [0.29, 0.717) is 29.5 Å². The summed E-state index contributed by atoms with van der Waals surface area (Å²) in [6.07, 6.45) is 2.25. The molecule has 9 heteroatoms. The first-order valence-electron chi connectivity index (χ1n) is 9.31. The van der Waals surface area contributed by atoms with E-state index < -0.39 is 11.2 Å². The fraction of sp³-hybridized carbons (Fsp3) is 0.143. The molecule has 2 aromatic heterocycles. The molecule has 0 radical (unpaired) electrons. The predicted octanol–water partition coefficient (Wildman–Crippen LogP) is 2.77. The minimum atomic E-state index is -0.522. The molecule has 2 aromatic carbocycles. The molecule has 0 fully saturated rings. The lowest BCUT2D eigenvalue weighted by atomic mass is 10.1. The number of nitrogens with zero attached hydrogens (tertiary/aromatic N) is 4. The molecule has 8 nitrogen and oxygen atoms in total. The van der Waals surface area contributed by atoms with Gasteiger partial charge < -0.3 is 4.57 Å². The molecule has 2 heterocycles. The molecule has 2 N–H and O–H groups in total. The van der Waals surface area contributed by atoms with Crippen molar-refractivity contribution in [3.63, 3.8) is 0 Å². The summed E-state index contributed by atoms with van der Waals surface area (Å²) in [4.78, 5) is 31.3. The van der Waals surface area contributed by atoms with Crippen LogP contribution in [0.15, 0.2) is 69.3 Å². The van der Waals surface area contributed by atoms with Crippen LogP contribution in [0.3, 0.4) is 0 Å². The van der Waals surface area contributed by atoms with Gasteiger partial charge in [0.2, 0.25) is 5.95 Å². The summed E-state index contributed by atoms with van der Waals surface area (Å²) >= 11 is 6.15. The maximum atomic E-state index is 12.5. The lowest BCUT2D eigenvalue weighted by Crippen LogP contribution is -2.29. The zero-order valence-corrected chi connectivity index (χ0v) is 16.9. The average Bonchev–Trinajstić information content (AvgIpc) is 3.12. The van der Waals surface area contributed by atoms with Crippen molar-refractivity contribution < 1.29 is 0 Å². The zero-order chi connectivity index (χ0) is 21.1. The Labute approximate surface area is 176 Å². The lowest BCUT2D eigenvalue weighted by molar-refractivity contribution is 0.716. The average molecular weight is 423 g/mol. The van der Waals surface area contributed by atoms with E-state index in [9.17, 15) is 9.59 Å². The van der Waals surface area contributed by atoms with E-state index in [-0.39, 0.29) is 5.65 Å². The van der Waals surface area contributed by atoms with Crippen LogP contribution in [0.25, 0.3) is 11.2 Å². The molecule has 0 atom stereocenters. The molecule has 152 valence electrons. The van der Waals surface area contributed by atoms with E-state index in [1.807, 2.05) is 48.5 Å². The highest BCUT2D eigenvalue weighted by Crippen LogP contribution is 2.17. The van der Waals surface area contributed by atoms with E-state index in [0.717, 1.165) is 11.1 Å². The third-order valence-corrected chi connectivity index (χ3v) is 5.09. The molecule has 0 spiro atoms. The Morgan fingerprint density at radius 2 is 1.87 bits per heavy atom. The summed E-state index contributed by atoms with van der Waals surface area (Å²) in [7, 11) is 1.56. The second-order valence-corrected chi connectivity index (χ2v) is 7.11. The molecule has 0 saturated carbocycles. The van der Waals surface area contributed by atoms with Crippen LogP contribution in [-0.4, -0.2) is 25.3 Å². The molecule has 30 heavy (non-hydrogen) atoms. The largest absolute Gasteiger partial charge is 0.329 e. The maximum Gasteiger partial charge on any atom is 0.329 e. The number of halogens is 1. The number of aromatic amines is 1. The number of hydrogen-bond acceptors (Lipinski definition) is 5. The second-order valence-electron chi connectivity index (χ2n) is 6.70. The van der Waals surface area contributed by atoms with Gasteiger partial charge in [-0.25, -0.2) is 10.2 Å². The van der Waals surface area contributed by atoms with Crippen LogP contribution in [0.2, 0.25) is 5.02 Å². The number of aromatic nitrogens is 4. The van der Waals surface area contributed by atoms with Crippen molar-refractivity contribution in [3.05, 3.63) is 91.6 Å². The standard InChI is InChI=1S/C21H19ClN6O2/c1-27-18-17(19(29)25-21(27)30)28(12-11-14-7-3-2-4-8-14)20(24-18)26-23-13-15-9-5-6-10-16(15)22/h2-10,13H,11-12H2,1H3,(H,24,26)(H,25,29,30)/b23-13-. The Bertz CT molecular complexity index is 1340. The maximum absolute atomic E-state index is 12.5. The van der Waals surface area contributed by atoms with Crippen molar-refractivity contribution in [2.24, 2.45) is 12.1 Å². The SMILES string of the molecule is Cn1c(=O)[nH]c(=O)c2c1nc(N/N=C\c1ccccc1Cl)n2CCc1ccccc1. The molecular weight excluding hydrogens is 404 g/mol. The summed E-state index contributed by atoms with van der Waals surface area (Å²) in [5, 5.41) is 4.79. The van der Waals surface area contributed by atoms with Crippen LogP contribution >= 0.6 is 11.6 Å². The quantitative estimate of drug-likeness (QED) is 0.369. The molecule has 0 saturated heterocycles. The zero-order valence-electron chi connectivity index (χ0n) is 16.2. The summed E-state index contributed by atoms with van der Waals surface area (Å²) in [6.45, 7) is 0.478. The van der Waals surface area contributed by atoms with Gasteiger partial charge in [-0.3, -0.25) is 14.3 Å². The molecule has 4 aromatic rings. The van der Waals surface area contributed by atoms with Crippen LogP contribution in [0.4, 0.5) is 5.95 Å². The Balaban J connectivity index is 1.72. The van der Waals surface area contributed by atoms with E-state index in [1.54, 1.807) is 23.9 Å². The van der Waals surface area contributed by atoms with Gasteiger partial charge in [-0.15, -0.1) is 0 Å². The molecule has 0 aliphatic heterocycles. The van der Waals surface area contributed by atoms with Crippen molar-refractivity contribution in [1.29, 1.82) is 0 Å². The number of anilines is 1. The van der Waals surface area contributed by atoms with Crippen molar-refractivity contribution in [2.75, 3.05) is 5.43 Å². The van der Waals surface area contributed by atoms with Gasteiger partial charge in [-0.1, -0.05) is 60.1 Å². The van der Waals surface area contributed by atoms with Crippen LogP contribution in [0.1, 0.15) is 11.1 Å². The summed E-state index contributed by atoms with van der Waals surface area (Å²) in [5.74, 6) is 0.357. The number of imidazole rings is 1. The van der Waals surface area contributed by atoms with Crippen molar-refractivity contribution >= 4 is 34.9 Å². The highest BCUT2D eigenvalue weighted by Gasteiger charge is 2.17. The number of aryl methyl sites for hydroxylation is 3. The third kappa shape index (κ3) is 3.90. The Hall–Kier alpha value is -3.65. The van der Waals surface area contributed by atoms with Crippen LogP contribution < -0.4 is 16.7 Å². The van der Waals surface area contributed by atoms with Crippen molar-refractivity contribution in [2.45, 2.75) is 13.0 Å². The van der Waals surface area contributed by atoms with Gasteiger partial charge in [0.05, 0.1) is 6.21 Å². The Kier molecular flexibility index (Phi) is 5.49. The number of hydrazone groups is 1. The topological polar surface area (TPSA) is 97.1 Å². The molecule has 0 bridgehead atoms. The monoisotopic (exact) mass is 422 g/mol. The van der Waals surface area contributed by atoms with Crippen LogP contribution in [0.5, 0.6) is 0 Å². The number of H-pyrrole nitrogens is 1. The molecule has 4 rings (SSSR count). The van der Waals surface area contributed by atoms with E-state index >= 15 is 0 Å². The summed E-state index contributed by atoms with van der Waals surface area (Å²) in [5.41, 5.74) is 4.32. The van der Waals surface area contributed by atoms with Gasteiger partial charge >= 0.3 is 5.69 Å². The predicted molar refractivity (Wildman–Crippen MR) is 118 cm³/mol. The number of nitrogens with one attached hydrogen (secondary N) is 2. The van der Waals surface area contributed by atoms with Gasteiger partial charge in [-0.05, 0) is 18.1 Å². The van der Waals surface area contributed by atoms with E-state index in [2.05, 4.69) is 20.5 Å². The second kappa shape index (κ2) is 8.38. The molecule has 0 aliphatic rings. The van der Waals surface area contributed by atoms with Gasteiger partial charge in [0.15, 0.2) is 11.2 Å². The Morgan fingerprint density at radius 1 is 1.13 bits per heavy atom. The van der Waals surface area contributed by atoms with Gasteiger partial charge in [0.25, 0.3) is 5.56 Å². The Morgan fingerprint density at radius 3 is 2.63 bits per heavy atom. The smallest absolute Gasteiger partial charge is 0.303 e. The van der Waals surface area contributed by atoms with E-state index in [1.165, 1.54) is 4.57 Å². The van der Waals surface area contributed by atoms with Crippen molar-refractivity contribution in [3.8, 4) is 0 Å². The number of benzene rings is 2. The highest BCUT2D eigenvalue weighted by molar-refractivity contribution is 6.33. The number of hydrogen-bond donors (Lipinski definition) is 2. The molecule has 0 aliphatic carbocycles. The minimum absolute atomic E-state index is 0.284. The fourth-order valence-corrected chi connectivity index (χ4v) is 3.35. The number of fused-ring (bicyclic) bond motifs is 1. The molecule has 0 unspecified atom stereocenters. The van der Waals surface area contributed by atoms with Crippen LogP contribution in [0, 0.1) is 0 Å². The molecule has 0 amide bonds. The van der Waals surface area contributed by atoms with Crippen molar-refractivity contribution in [1.82, 2.24) is 19.1 Å². The molecular formula is C21H19ClN6O2. The van der Waals surface area contributed by atoms with Gasteiger partial charge in [-0.2, -0.15) is 10.1 Å². The first-order valence-corrected chi connectivity index (χ1v) is 9.69. The van der Waals surface area contributed by atoms with Gasteiger partial charge in [0.1, 0.15) is 0 Å². The van der Waals surface area contributed by atoms with Gasteiger partial charge in [0, 0.05) is 24.2 Å². The lowest BCUT2D eigenvalue weighted by Gasteiger charge is -2.08. The highest BCUT2D eigenvalue weighted by atomic mass is 35.5. The fourth-order valence-electron chi connectivity index (χ4n) is 3.16. The van der Waals surface area contributed by atoms with E-state index in [4.69, 9.17) is 11.6 Å².